The molecule has 3 nitrogen and oxygen atoms in total. The average Bonchev–Trinajstić information content (AvgIpc) is 0.753. The molecule has 10 rings (SSSR count). The summed E-state index contributed by atoms with van der Waals surface area (Å²) in [6.45, 7) is 0.283. The summed E-state index contributed by atoms with van der Waals surface area (Å²) >= 11 is 0. The summed E-state index contributed by atoms with van der Waals surface area (Å²) in [5, 5.41) is 7.47. The van der Waals surface area contributed by atoms with Crippen molar-refractivity contribution in [2.75, 3.05) is 0 Å². The van der Waals surface area contributed by atoms with Crippen LogP contribution < -0.4 is 26.4 Å². The van der Waals surface area contributed by atoms with Crippen molar-refractivity contribution in [1.82, 2.24) is 4.98 Å². The fraction of sp³-hybridized carbons (Fsp3) is 0.150. The third kappa shape index (κ3) is 12.9. The molecule has 28 heteroatoms. The molecule has 0 unspecified atom stereocenters. The van der Waals surface area contributed by atoms with E-state index in [4.69, 9.17) is 0 Å². The maximum atomic E-state index is 14.2. The van der Waals surface area contributed by atoms with E-state index in [9.17, 15) is 110 Å². The molecule has 0 atom stereocenters. The Morgan fingerprint density at radius 1 is 0.364 bits per heavy atom. The number of hydrogen-bond acceptors (Lipinski definition) is 2. The molecule has 0 amide bonds. The zero-order valence-corrected chi connectivity index (χ0v) is 43.4. The lowest BCUT2D eigenvalue weighted by atomic mass is 9.12. The molecule has 0 saturated heterocycles. The van der Waals surface area contributed by atoms with Crippen molar-refractivity contribution in [1.29, 1.82) is 0 Å². The van der Waals surface area contributed by atoms with Crippen molar-refractivity contribution in [3.63, 3.8) is 0 Å². The number of ketones is 1. The number of hydrogen-bond donors (Lipinski definition) is 0. The highest BCUT2D eigenvalue weighted by molar-refractivity contribution is 7.20. The van der Waals surface area contributed by atoms with Gasteiger partial charge < -0.3 is 0 Å². The molecular weight excluding hydrogens is 1230 g/mol. The second-order valence-corrected chi connectivity index (χ2v) is 20.1. The van der Waals surface area contributed by atoms with Crippen LogP contribution >= 0.6 is 0 Å². The van der Waals surface area contributed by atoms with Crippen LogP contribution in [0.1, 0.15) is 54.9 Å². The largest absolute Gasteiger partial charge is 0.416 e. The first-order chi connectivity index (χ1) is 40.5. The number of benzene rings is 9. The van der Waals surface area contributed by atoms with Crippen LogP contribution in [0.25, 0.3) is 43.6 Å². The Labute approximate surface area is 478 Å². The van der Waals surface area contributed by atoms with Crippen LogP contribution in [0.15, 0.2) is 176 Å². The Morgan fingerprint density at radius 2 is 0.682 bits per heavy atom. The van der Waals surface area contributed by atoms with Crippen LogP contribution in [0.2, 0.25) is 0 Å². The third-order valence-electron chi connectivity index (χ3n) is 14.4. The van der Waals surface area contributed by atoms with E-state index in [1.165, 1.54) is 32.3 Å². The second kappa shape index (κ2) is 22.1. The number of aromatic nitrogens is 2. The number of halogens is 24. The lowest BCUT2D eigenvalue weighted by Gasteiger charge is -2.46. The van der Waals surface area contributed by atoms with Crippen molar-refractivity contribution < 1.29 is 115 Å². The first-order valence-electron chi connectivity index (χ1n) is 25.0. The Hall–Kier alpha value is -8.85. The Kier molecular flexibility index (Phi) is 16.0. The van der Waals surface area contributed by atoms with Crippen LogP contribution in [0, 0.1) is 0 Å². The predicted molar refractivity (Wildman–Crippen MR) is 274 cm³/mol. The normalized spacial score (nSPS) is 13.3. The van der Waals surface area contributed by atoms with E-state index in [2.05, 4.69) is 59.6 Å². The quantitative estimate of drug-likeness (QED) is 0.0499. The summed E-state index contributed by atoms with van der Waals surface area (Å²) in [4.78, 5) is 17.3. The van der Waals surface area contributed by atoms with Gasteiger partial charge in [-0.15, -0.1) is 0 Å². The summed E-state index contributed by atoms with van der Waals surface area (Å²) in [6.07, 6.45) is -49.2. The number of nitrogens with zero attached hydrogens (tertiary/aromatic N) is 2. The fourth-order valence-electron chi connectivity index (χ4n) is 10.6. The minimum Gasteiger partial charge on any atom is -0.287 e. The highest BCUT2D eigenvalue weighted by Crippen LogP contribution is 2.43. The smallest absolute Gasteiger partial charge is 0.287 e. The minimum atomic E-state index is -6.13. The zero-order valence-electron chi connectivity index (χ0n) is 43.4. The van der Waals surface area contributed by atoms with Gasteiger partial charge in [-0.05, 0) is 56.6 Å². The molecule has 10 aromatic rings. The van der Waals surface area contributed by atoms with Gasteiger partial charge in [0.15, 0.2) is 12.4 Å². The highest BCUT2D eigenvalue weighted by atomic mass is 19.4. The van der Waals surface area contributed by atoms with Gasteiger partial charge in [0.05, 0.1) is 50.7 Å². The monoisotopic (exact) mass is 1260 g/mol. The summed E-state index contributed by atoms with van der Waals surface area (Å²) in [5.74, 6) is 0.0816. The number of Topliss-reactive ketones (excluding diaryl/α,β-unsaturated/α-hetero) is 1. The van der Waals surface area contributed by atoms with E-state index >= 15 is 0 Å². The molecule has 1 heterocycles. The topological polar surface area (TPSA) is 33.8 Å². The van der Waals surface area contributed by atoms with Gasteiger partial charge in [0, 0.05) is 11.1 Å². The van der Waals surface area contributed by atoms with Gasteiger partial charge >= 0.3 is 49.4 Å². The van der Waals surface area contributed by atoms with E-state index in [1.54, 1.807) is 6.20 Å². The van der Waals surface area contributed by atoms with E-state index in [0.717, 1.165) is 16.8 Å². The fourth-order valence-corrected chi connectivity index (χ4v) is 10.6. The lowest BCUT2D eigenvalue weighted by molar-refractivity contribution is -0.683. The number of carbonyl (C=O) groups is 1. The summed E-state index contributed by atoms with van der Waals surface area (Å²) in [6, 6.07) is 20.1. The Morgan fingerprint density at radius 3 is 1.02 bits per heavy atom. The van der Waals surface area contributed by atoms with Crippen molar-refractivity contribution >= 4 is 66.1 Å². The molecular formula is C60H31BF24N2O. The summed E-state index contributed by atoms with van der Waals surface area (Å²) in [7, 11) is 0. The van der Waals surface area contributed by atoms with Gasteiger partial charge in [0.1, 0.15) is 11.8 Å². The van der Waals surface area contributed by atoms with Crippen LogP contribution in [0.4, 0.5) is 105 Å². The molecule has 0 aliphatic heterocycles. The predicted octanol–water partition coefficient (Wildman–Crippen LogP) is 17.0. The van der Waals surface area contributed by atoms with Gasteiger partial charge in [0.2, 0.25) is 12.3 Å². The molecule has 0 radical (unpaired) electrons. The lowest BCUT2D eigenvalue weighted by Crippen LogP contribution is -2.75. The maximum Gasteiger partial charge on any atom is 0.416 e. The molecule has 458 valence electrons. The Balaban J connectivity index is 0.000000246. The van der Waals surface area contributed by atoms with Crippen LogP contribution in [0.3, 0.4) is 0 Å². The van der Waals surface area contributed by atoms with E-state index in [-0.39, 0.29) is 12.3 Å². The van der Waals surface area contributed by atoms with E-state index in [0.29, 0.717) is 0 Å². The van der Waals surface area contributed by atoms with Crippen LogP contribution in [-0.2, 0) is 56.0 Å². The number of alkyl halides is 24. The van der Waals surface area contributed by atoms with Crippen molar-refractivity contribution in [3.8, 4) is 11.3 Å². The number of carbonyl (C=O) groups excluding carboxylic acids is 1. The van der Waals surface area contributed by atoms with Crippen molar-refractivity contribution in [2.24, 2.45) is 0 Å². The maximum absolute atomic E-state index is 14.2. The van der Waals surface area contributed by atoms with Crippen molar-refractivity contribution in [3.05, 3.63) is 226 Å². The van der Waals surface area contributed by atoms with Crippen LogP contribution in [0.5, 0.6) is 0 Å². The second-order valence-electron chi connectivity index (χ2n) is 20.1. The minimum absolute atomic E-state index is 0.0816. The van der Waals surface area contributed by atoms with Gasteiger partial charge in [-0.1, -0.05) is 133 Å². The molecule has 0 aliphatic carbocycles. The summed E-state index contributed by atoms with van der Waals surface area (Å²) < 4.78 is 343. The molecule has 9 aromatic carbocycles. The average molecular weight is 1260 g/mol. The van der Waals surface area contributed by atoms with Crippen LogP contribution in [-0.4, -0.2) is 16.9 Å². The zero-order chi connectivity index (χ0) is 64.7. The highest BCUT2D eigenvalue weighted by Gasteiger charge is 2.47. The molecule has 0 spiro atoms. The first kappa shape index (κ1) is 63.7. The third-order valence-corrected chi connectivity index (χ3v) is 14.4. The molecule has 88 heavy (non-hydrogen) atoms. The van der Waals surface area contributed by atoms with Gasteiger partial charge in [0.25, 0.3) is 0 Å². The molecule has 1 aromatic heterocycles. The first-order valence-corrected chi connectivity index (χ1v) is 25.0. The number of rotatable bonds is 8. The Bertz CT molecular complexity index is 3820. The molecule has 0 bridgehead atoms. The van der Waals surface area contributed by atoms with Gasteiger partial charge in [-0.25, -0.2) is 4.98 Å². The molecule has 0 fully saturated rings. The van der Waals surface area contributed by atoms with E-state index < -0.39 is 195 Å². The molecule has 0 N–H and O–H groups in total. The molecule has 0 saturated carbocycles. The van der Waals surface area contributed by atoms with Gasteiger partial charge in [-0.2, -0.15) is 132 Å². The van der Waals surface area contributed by atoms with Crippen molar-refractivity contribution in [2.45, 2.75) is 56.0 Å². The van der Waals surface area contributed by atoms with Gasteiger partial charge in [-0.3, -0.25) is 4.79 Å². The van der Waals surface area contributed by atoms with E-state index in [1.807, 2.05) is 47.3 Å². The SMILES string of the molecule is FC(F)(F)c1cc([B-](c2cc(C(F)(F)F)cc(C(F)(F)F)c2)(c2cc(C(F)(F)F)cc(C(F)(F)F)c2)c2cc(C(F)(F)F)cc(C(F)(F)F)c2)cc(C(F)(F)F)c1.O=C(C[n+]1ccnc(-c2ccc3ccc4cccc5ccc2c3c45)c1)c1ccccc1. The molecule has 0 aliphatic rings. The summed E-state index contributed by atoms with van der Waals surface area (Å²) in [5.41, 5.74) is -27.5. The standard InChI is InChI=1S/C32H12BF24.C28H19N2O/c34-25(35,36)13-1-14(26(37,38)39)6-21(5-13)33(22-7-15(27(40,41)42)2-16(8-22)28(43,44)45,23-9-17(29(46,47)48)3-18(10-23)30(49,50)51)24-11-19(31(52,53)54)4-20(12-24)32(55,56)57;31-26(19-5-2-1-3-6-19)18-30-16-15-29-25(17-30)23-13-11-22-10-9-20-7-4-8-21-12-14-24(23)28(22)27(20)21/h1-12H;1-17H,18H2/q-1;+1.